The molecule has 0 saturated carbocycles. The van der Waals surface area contributed by atoms with E-state index in [1.807, 2.05) is 0 Å². The van der Waals surface area contributed by atoms with Crippen LogP contribution >= 0.6 is 0 Å². The molecule has 4 N–H and O–H groups in total. The number of H-pyrrole nitrogens is 2. The smallest absolute Gasteiger partial charge is 0.331 e. The molecule has 2 atom stereocenters. The largest absolute Gasteiger partial charge is 0.494 e. The molecule has 0 aliphatic carbocycles. The van der Waals surface area contributed by atoms with E-state index in [9.17, 15) is 29.4 Å². The number of rotatable bonds is 7. The SMILES string of the molecule is O=c1[nH]c(=O)n(C[C@H]2CCCO2)c(O)c1C(c1ccccn1)c1c(O)n(C[C@H]2CCCO2)c(=O)[nH]c1=O. The Morgan fingerprint density at radius 3 is 1.78 bits per heavy atom. The summed E-state index contributed by atoms with van der Waals surface area (Å²) in [5.41, 5.74) is -4.23. The standard InChI is InChI=1S/C24H27N5O8/c30-19-17(21(32)28(23(34)26-19)11-13-5-3-9-36-13)16(15-7-1-2-8-25-15)18-20(31)27-24(35)29(22(18)33)12-14-6-4-10-37-14/h1-2,7-8,13-14,16,32-33H,3-6,9-12H2,(H,26,30,34)(H,27,31,35)/t13-,14-/m1/s1. The highest BCUT2D eigenvalue weighted by Gasteiger charge is 2.34. The maximum absolute atomic E-state index is 13.1. The van der Waals surface area contributed by atoms with Gasteiger partial charge in [0.25, 0.3) is 11.1 Å². The molecule has 5 rings (SSSR count). The van der Waals surface area contributed by atoms with Crippen molar-refractivity contribution in [1.82, 2.24) is 24.1 Å². The summed E-state index contributed by atoms with van der Waals surface area (Å²) in [6.45, 7) is 0.986. The summed E-state index contributed by atoms with van der Waals surface area (Å²) in [6, 6.07) is 4.73. The Labute approximate surface area is 209 Å². The molecule has 196 valence electrons. The molecule has 0 unspecified atom stereocenters. The Kier molecular flexibility index (Phi) is 6.80. The maximum Gasteiger partial charge on any atom is 0.331 e. The summed E-state index contributed by atoms with van der Waals surface area (Å²) in [5, 5.41) is 22.4. The van der Waals surface area contributed by atoms with E-state index < -0.39 is 40.2 Å². The third-order valence-corrected chi connectivity index (χ3v) is 6.79. The van der Waals surface area contributed by atoms with E-state index in [1.165, 1.54) is 12.3 Å². The molecule has 0 spiro atoms. The third kappa shape index (κ3) is 4.74. The molecular weight excluding hydrogens is 486 g/mol. The third-order valence-electron chi connectivity index (χ3n) is 6.79. The van der Waals surface area contributed by atoms with Crippen molar-refractivity contribution in [3.05, 3.63) is 82.9 Å². The summed E-state index contributed by atoms with van der Waals surface area (Å²) in [4.78, 5) is 60.1. The van der Waals surface area contributed by atoms with Gasteiger partial charge in [-0.1, -0.05) is 6.07 Å². The Balaban J connectivity index is 1.72. The second kappa shape index (κ2) is 10.2. The fraction of sp³-hybridized carbons (Fsp3) is 0.458. The number of aromatic amines is 2. The molecule has 0 aromatic carbocycles. The first-order valence-electron chi connectivity index (χ1n) is 12.1. The molecule has 3 aromatic rings. The lowest BCUT2D eigenvalue weighted by molar-refractivity contribution is 0.0931. The molecule has 0 amide bonds. The van der Waals surface area contributed by atoms with Crippen molar-refractivity contribution in [3.8, 4) is 11.8 Å². The average Bonchev–Trinajstić information content (AvgIpc) is 3.58. The Bertz CT molecular complexity index is 1420. The Hall–Kier alpha value is -3.97. The molecule has 0 bridgehead atoms. The number of hydrogen-bond donors (Lipinski definition) is 4. The zero-order chi connectivity index (χ0) is 26.1. The van der Waals surface area contributed by atoms with Gasteiger partial charge in [-0.3, -0.25) is 33.7 Å². The molecule has 2 aliphatic rings. The number of aromatic hydroxyl groups is 2. The lowest BCUT2D eigenvalue weighted by Gasteiger charge is -2.22. The molecular formula is C24H27N5O8. The zero-order valence-corrected chi connectivity index (χ0v) is 19.9. The van der Waals surface area contributed by atoms with Gasteiger partial charge in [-0.15, -0.1) is 0 Å². The van der Waals surface area contributed by atoms with E-state index in [-0.39, 0.29) is 42.1 Å². The van der Waals surface area contributed by atoms with Gasteiger partial charge in [-0.05, 0) is 37.8 Å². The van der Waals surface area contributed by atoms with Crippen LogP contribution in [0.25, 0.3) is 0 Å². The molecule has 2 saturated heterocycles. The minimum Gasteiger partial charge on any atom is -0.494 e. The average molecular weight is 514 g/mol. The summed E-state index contributed by atoms with van der Waals surface area (Å²) in [5.74, 6) is -2.78. The maximum atomic E-state index is 13.1. The van der Waals surface area contributed by atoms with Crippen LogP contribution in [0.3, 0.4) is 0 Å². The van der Waals surface area contributed by atoms with Gasteiger partial charge in [-0.2, -0.15) is 0 Å². The number of nitrogens with zero attached hydrogens (tertiary/aromatic N) is 3. The lowest BCUT2D eigenvalue weighted by Crippen LogP contribution is -2.39. The number of pyridine rings is 1. The number of ether oxygens (including phenoxy) is 2. The predicted octanol–water partition coefficient (Wildman–Crippen LogP) is -0.269. The van der Waals surface area contributed by atoms with E-state index in [4.69, 9.17) is 9.47 Å². The van der Waals surface area contributed by atoms with Crippen LogP contribution in [-0.2, 0) is 22.6 Å². The summed E-state index contributed by atoms with van der Waals surface area (Å²) < 4.78 is 13.1. The minimum atomic E-state index is -1.42. The van der Waals surface area contributed by atoms with Crippen LogP contribution in [0.5, 0.6) is 11.8 Å². The molecule has 13 nitrogen and oxygen atoms in total. The van der Waals surface area contributed by atoms with Crippen molar-refractivity contribution >= 4 is 0 Å². The van der Waals surface area contributed by atoms with Crippen LogP contribution in [0.2, 0.25) is 0 Å². The number of hydrogen-bond acceptors (Lipinski definition) is 9. The summed E-state index contributed by atoms with van der Waals surface area (Å²) >= 11 is 0. The highest BCUT2D eigenvalue weighted by Crippen LogP contribution is 2.35. The Morgan fingerprint density at radius 1 is 0.865 bits per heavy atom. The highest BCUT2D eigenvalue weighted by atomic mass is 16.5. The molecule has 2 fully saturated rings. The summed E-state index contributed by atoms with van der Waals surface area (Å²) in [6.07, 6.45) is 3.65. The van der Waals surface area contributed by atoms with Gasteiger partial charge in [0.05, 0.1) is 48.0 Å². The molecule has 2 aliphatic heterocycles. The number of nitrogens with one attached hydrogen (secondary N) is 2. The second-order valence-electron chi connectivity index (χ2n) is 9.17. The van der Waals surface area contributed by atoms with Crippen molar-refractivity contribution in [2.45, 2.75) is 56.9 Å². The van der Waals surface area contributed by atoms with Gasteiger partial charge >= 0.3 is 11.4 Å². The van der Waals surface area contributed by atoms with Crippen molar-refractivity contribution in [1.29, 1.82) is 0 Å². The minimum absolute atomic E-state index is 0.0236. The van der Waals surface area contributed by atoms with E-state index in [1.54, 1.807) is 12.1 Å². The van der Waals surface area contributed by atoms with Crippen LogP contribution < -0.4 is 22.5 Å². The predicted molar refractivity (Wildman–Crippen MR) is 129 cm³/mol. The molecule has 3 aromatic heterocycles. The van der Waals surface area contributed by atoms with Crippen LogP contribution in [0.15, 0.2) is 43.6 Å². The van der Waals surface area contributed by atoms with Crippen LogP contribution in [0.1, 0.15) is 48.4 Å². The van der Waals surface area contributed by atoms with Gasteiger partial charge in [0.2, 0.25) is 11.8 Å². The quantitative estimate of drug-likeness (QED) is 0.331. The topological polar surface area (TPSA) is 182 Å². The molecule has 0 radical (unpaired) electrons. The van der Waals surface area contributed by atoms with Gasteiger partial charge < -0.3 is 19.7 Å². The van der Waals surface area contributed by atoms with Crippen LogP contribution in [0, 0.1) is 0 Å². The van der Waals surface area contributed by atoms with Gasteiger partial charge in [0.15, 0.2) is 0 Å². The van der Waals surface area contributed by atoms with Crippen molar-refractivity contribution in [2.75, 3.05) is 13.2 Å². The monoisotopic (exact) mass is 513 g/mol. The van der Waals surface area contributed by atoms with Gasteiger partial charge in [0.1, 0.15) is 0 Å². The van der Waals surface area contributed by atoms with Crippen LogP contribution in [0.4, 0.5) is 0 Å². The molecule has 5 heterocycles. The first-order valence-corrected chi connectivity index (χ1v) is 12.1. The first-order chi connectivity index (χ1) is 17.8. The zero-order valence-electron chi connectivity index (χ0n) is 19.9. The normalized spacial score (nSPS) is 19.6. The van der Waals surface area contributed by atoms with Crippen molar-refractivity contribution in [2.24, 2.45) is 0 Å². The second-order valence-corrected chi connectivity index (χ2v) is 9.17. The van der Waals surface area contributed by atoms with E-state index in [0.29, 0.717) is 26.1 Å². The van der Waals surface area contributed by atoms with E-state index in [0.717, 1.165) is 22.0 Å². The van der Waals surface area contributed by atoms with Gasteiger partial charge in [-0.25, -0.2) is 9.59 Å². The summed E-state index contributed by atoms with van der Waals surface area (Å²) in [7, 11) is 0. The molecule has 13 heteroatoms. The van der Waals surface area contributed by atoms with Crippen LogP contribution in [-0.4, -0.2) is 59.7 Å². The van der Waals surface area contributed by atoms with Gasteiger partial charge in [0, 0.05) is 19.4 Å². The van der Waals surface area contributed by atoms with Crippen molar-refractivity contribution in [3.63, 3.8) is 0 Å². The van der Waals surface area contributed by atoms with E-state index >= 15 is 0 Å². The highest BCUT2D eigenvalue weighted by molar-refractivity contribution is 5.46. The van der Waals surface area contributed by atoms with Crippen molar-refractivity contribution < 1.29 is 19.7 Å². The molecule has 37 heavy (non-hydrogen) atoms. The lowest BCUT2D eigenvalue weighted by atomic mass is 9.90. The fourth-order valence-electron chi connectivity index (χ4n) is 4.98. The van der Waals surface area contributed by atoms with E-state index in [2.05, 4.69) is 15.0 Å². The Morgan fingerprint density at radius 2 is 1.38 bits per heavy atom. The first kappa shape index (κ1) is 24.7. The number of aromatic nitrogens is 5. The fourth-order valence-corrected chi connectivity index (χ4v) is 4.98.